The van der Waals surface area contributed by atoms with Gasteiger partial charge in [-0.15, -0.1) is 0 Å². The number of H-pyrrole nitrogens is 1. The summed E-state index contributed by atoms with van der Waals surface area (Å²) in [5.74, 6) is -0.0375. The predicted molar refractivity (Wildman–Crippen MR) is 116 cm³/mol. The molecular formula is C24H24N4O. The van der Waals surface area contributed by atoms with Gasteiger partial charge in [0.05, 0.1) is 11.3 Å². The standard InChI is InChI=1S/C24H24N4O/c1-3-28(12-11-19-14-26-22-10-5-4-9-20(19)22)24(29)21-15-25-16-27-23(21)18-8-6-7-17(2)13-18/h4-10,13-16,26H,3,11-12H2,1-2H3. The molecule has 0 atom stereocenters. The maximum atomic E-state index is 13.3. The number of carbonyl (C=O) groups is 1. The van der Waals surface area contributed by atoms with Crippen molar-refractivity contribution in [3.8, 4) is 11.3 Å². The number of fused-ring (bicyclic) bond motifs is 1. The van der Waals surface area contributed by atoms with Gasteiger partial charge in [-0.25, -0.2) is 9.97 Å². The fraction of sp³-hybridized carbons (Fsp3) is 0.208. The van der Waals surface area contributed by atoms with Crippen LogP contribution in [0.5, 0.6) is 0 Å². The average Bonchev–Trinajstić information content (AvgIpc) is 3.17. The minimum absolute atomic E-state index is 0.0375. The number of aromatic amines is 1. The number of aromatic nitrogens is 3. The first-order valence-corrected chi connectivity index (χ1v) is 9.88. The Morgan fingerprint density at radius 3 is 2.83 bits per heavy atom. The number of amides is 1. The zero-order chi connectivity index (χ0) is 20.2. The van der Waals surface area contributed by atoms with E-state index in [1.54, 1.807) is 6.20 Å². The number of hydrogen-bond donors (Lipinski definition) is 1. The molecule has 0 aliphatic rings. The van der Waals surface area contributed by atoms with Crippen molar-refractivity contribution >= 4 is 16.8 Å². The van der Waals surface area contributed by atoms with E-state index >= 15 is 0 Å². The Balaban J connectivity index is 1.58. The number of rotatable bonds is 6. The fourth-order valence-corrected chi connectivity index (χ4v) is 3.68. The topological polar surface area (TPSA) is 61.9 Å². The zero-order valence-electron chi connectivity index (χ0n) is 16.7. The van der Waals surface area contributed by atoms with Crippen LogP contribution < -0.4 is 0 Å². The Kier molecular flexibility index (Phi) is 5.38. The van der Waals surface area contributed by atoms with Crippen molar-refractivity contribution in [1.82, 2.24) is 19.9 Å². The Bertz CT molecular complexity index is 1150. The molecule has 0 saturated carbocycles. The van der Waals surface area contributed by atoms with Crippen LogP contribution in [0.4, 0.5) is 0 Å². The SMILES string of the molecule is CCN(CCc1c[nH]c2ccccc12)C(=O)c1cncnc1-c1cccc(C)c1. The quantitative estimate of drug-likeness (QED) is 0.527. The highest BCUT2D eigenvalue weighted by atomic mass is 16.2. The van der Waals surface area contributed by atoms with Gasteiger partial charge in [-0.1, -0.05) is 42.0 Å². The minimum atomic E-state index is -0.0375. The van der Waals surface area contributed by atoms with Gasteiger partial charge in [0.25, 0.3) is 5.91 Å². The number of nitrogens with zero attached hydrogens (tertiary/aromatic N) is 3. The van der Waals surface area contributed by atoms with Crippen molar-refractivity contribution in [2.45, 2.75) is 20.3 Å². The first-order valence-electron chi connectivity index (χ1n) is 9.88. The molecule has 1 N–H and O–H groups in total. The Hall–Kier alpha value is -3.47. The molecule has 0 fully saturated rings. The molecule has 4 rings (SSSR count). The molecule has 1 amide bonds. The van der Waals surface area contributed by atoms with Gasteiger partial charge in [-0.2, -0.15) is 0 Å². The van der Waals surface area contributed by atoms with Crippen LogP contribution in [-0.4, -0.2) is 38.8 Å². The van der Waals surface area contributed by atoms with E-state index < -0.39 is 0 Å². The van der Waals surface area contributed by atoms with E-state index in [2.05, 4.69) is 27.1 Å². The molecule has 0 saturated heterocycles. The van der Waals surface area contributed by atoms with Gasteiger partial charge in [0.2, 0.25) is 0 Å². The van der Waals surface area contributed by atoms with E-state index in [1.165, 1.54) is 17.3 Å². The molecule has 2 aromatic carbocycles. The van der Waals surface area contributed by atoms with Gasteiger partial charge >= 0.3 is 0 Å². The van der Waals surface area contributed by atoms with Crippen LogP contribution in [0.1, 0.15) is 28.4 Å². The maximum absolute atomic E-state index is 13.3. The summed E-state index contributed by atoms with van der Waals surface area (Å²) in [6.45, 7) is 5.30. The second-order valence-corrected chi connectivity index (χ2v) is 7.15. The molecule has 2 aromatic heterocycles. The number of benzene rings is 2. The molecule has 0 radical (unpaired) electrons. The highest BCUT2D eigenvalue weighted by Crippen LogP contribution is 2.23. The highest BCUT2D eigenvalue weighted by molar-refractivity contribution is 5.99. The van der Waals surface area contributed by atoms with Crippen molar-refractivity contribution in [2.24, 2.45) is 0 Å². The summed E-state index contributed by atoms with van der Waals surface area (Å²) in [4.78, 5) is 27.0. The van der Waals surface area contributed by atoms with Crippen molar-refractivity contribution in [3.05, 3.63) is 83.9 Å². The minimum Gasteiger partial charge on any atom is -0.361 e. The van der Waals surface area contributed by atoms with Crippen molar-refractivity contribution < 1.29 is 4.79 Å². The molecule has 2 heterocycles. The third kappa shape index (κ3) is 3.90. The van der Waals surface area contributed by atoms with E-state index in [-0.39, 0.29) is 5.91 Å². The van der Waals surface area contributed by atoms with Crippen LogP contribution in [0.25, 0.3) is 22.2 Å². The molecule has 0 aliphatic carbocycles. The number of likely N-dealkylation sites (N-methyl/N-ethyl adjacent to an activating group) is 1. The first-order chi connectivity index (χ1) is 14.2. The van der Waals surface area contributed by atoms with Crippen molar-refractivity contribution in [1.29, 1.82) is 0 Å². The highest BCUT2D eigenvalue weighted by Gasteiger charge is 2.20. The molecule has 0 unspecified atom stereocenters. The summed E-state index contributed by atoms with van der Waals surface area (Å²) in [6.07, 6.45) is 5.95. The lowest BCUT2D eigenvalue weighted by molar-refractivity contribution is 0.0766. The smallest absolute Gasteiger partial charge is 0.257 e. The third-order valence-corrected chi connectivity index (χ3v) is 5.23. The normalized spacial score (nSPS) is 11.0. The van der Waals surface area contributed by atoms with Crippen molar-refractivity contribution in [2.75, 3.05) is 13.1 Å². The van der Waals surface area contributed by atoms with E-state index in [0.29, 0.717) is 24.3 Å². The van der Waals surface area contributed by atoms with Gasteiger partial charge in [-0.3, -0.25) is 4.79 Å². The maximum Gasteiger partial charge on any atom is 0.257 e. The Morgan fingerprint density at radius 1 is 1.14 bits per heavy atom. The van der Waals surface area contributed by atoms with Gasteiger partial charge < -0.3 is 9.88 Å². The molecule has 4 aromatic rings. The van der Waals surface area contributed by atoms with Crippen LogP contribution in [0.15, 0.2) is 67.3 Å². The second-order valence-electron chi connectivity index (χ2n) is 7.15. The molecule has 0 bridgehead atoms. The number of para-hydroxylation sites is 1. The summed E-state index contributed by atoms with van der Waals surface area (Å²) >= 11 is 0. The number of carbonyl (C=O) groups excluding carboxylic acids is 1. The third-order valence-electron chi connectivity index (χ3n) is 5.23. The Morgan fingerprint density at radius 2 is 2.00 bits per heavy atom. The first kappa shape index (κ1) is 18.9. The fourth-order valence-electron chi connectivity index (χ4n) is 3.68. The molecule has 29 heavy (non-hydrogen) atoms. The van der Waals surface area contributed by atoms with Crippen LogP contribution in [0.2, 0.25) is 0 Å². The summed E-state index contributed by atoms with van der Waals surface area (Å²) in [5.41, 5.74) is 5.62. The summed E-state index contributed by atoms with van der Waals surface area (Å²) in [7, 11) is 0. The lowest BCUT2D eigenvalue weighted by Gasteiger charge is -2.22. The summed E-state index contributed by atoms with van der Waals surface area (Å²) < 4.78 is 0. The molecular weight excluding hydrogens is 360 g/mol. The summed E-state index contributed by atoms with van der Waals surface area (Å²) in [6, 6.07) is 16.3. The molecule has 0 spiro atoms. The summed E-state index contributed by atoms with van der Waals surface area (Å²) in [5, 5.41) is 1.21. The van der Waals surface area contributed by atoms with Crippen molar-refractivity contribution in [3.63, 3.8) is 0 Å². The van der Waals surface area contributed by atoms with Crippen LogP contribution in [0.3, 0.4) is 0 Å². The molecule has 146 valence electrons. The Labute approximate surface area is 170 Å². The van der Waals surface area contributed by atoms with Gasteiger partial charge in [0.1, 0.15) is 6.33 Å². The lowest BCUT2D eigenvalue weighted by atomic mass is 10.0. The van der Waals surface area contributed by atoms with Gasteiger partial charge in [-0.05, 0) is 38.0 Å². The van der Waals surface area contributed by atoms with E-state index in [9.17, 15) is 4.79 Å². The second kappa shape index (κ2) is 8.27. The van der Waals surface area contributed by atoms with E-state index in [4.69, 9.17) is 0 Å². The van der Waals surface area contributed by atoms with E-state index in [0.717, 1.165) is 23.1 Å². The zero-order valence-corrected chi connectivity index (χ0v) is 16.7. The predicted octanol–water partition coefficient (Wildman–Crippen LogP) is 4.64. The van der Waals surface area contributed by atoms with Crippen LogP contribution in [0, 0.1) is 6.92 Å². The largest absolute Gasteiger partial charge is 0.361 e. The molecule has 5 heteroatoms. The van der Waals surface area contributed by atoms with Crippen LogP contribution >= 0.6 is 0 Å². The number of nitrogens with one attached hydrogen (secondary N) is 1. The van der Waals surface area contributed by atoms with Gasteiger partial charge in [0.15, 0.2) is 0 Å². The monoisotopic (exact) mass is 384 g/mol. The van der Waals surface area contributed by atoms with Gasteiger partial charge in [0, 0.05) is 41.9 Å². The molecule has 5 nitrogen and oxygen atoms in total. The lowest BCUT2D eigenvalue weighted by Crippen LogP contribution is -2.33. The number of hydrogen-bond acceptors (Lipinski definition) is 3. The van der Waals surface area contributed by atoms with Crippen LogP contribution in [-0.2, 0) is 6.42 Å². The van der Waals surface area contributed by atoms with E-state index in [1.807, 2.05) is 61.3 Å². The average molecular weight is 384 g/mol. The number of aryl methyl sites for hydroxylation is 1. The molecule has 0 aliphatic heterocycles.